The van der Waals surface area contributed by atoms with Gasteiger partial charge in [0, 0.05) is 31.7 Å². The number of carbonyl (C=O) groups is 1. The van der Waals surface area contributed by atoms with Crippen molar-refractivity contribution in [1.29, 1.82) is 0 Å². The minimum atomic E-state index is -0.881. The van der Waals surface area contributed by atoms with Crippen molar-refractivity contribution in [2.24, 2.45) is 0 Å². The Bertz CT molecular complexity index is 978. The van der Waals surface area contributed by atoms with Gasteiger partial charge in [0.15, 0.2) is 0 Å². The Morgan fingerprint density at radius 1 is 1.19 bits per heavy atom. The van der Waals surface area contributed by atoms with Gasteiger partial charge >= 0.3 is 0 Å². The molecule has 2 aromatic rings. The highest BCUT2D eigenvalue weighted by Gasteiger charge is 2.21. The van der Waals surface area contributed by atoms with Gasteiger partial charge < -0.3 is 30.7 Å². The van der Waals surface area contributed by atoms with Crippen LogP contribution in [0.3, 0.4) is 0 Å². The number of aromatic nitrogens is 1. The van der Waals surface area contributed by atoms with Gasteiger partial charge in [-0.2, -0.15) is 0 Å². The fourth-order valence-corrected chi connectivity index (χ4v) is 4.32. The molecule has 0 aliphatic carbocycles. The van der Waals surface area contributed by atoms with Crippen molar-refractivity contribution >= 4 is 5.91 Å². The van der Waals surface area contributed by atoms with Crippen molar-refractivity contribution in [2.75, 3.05) is 45.9 Å². The molecular formula is C27H40N4O5. The lowest BCUT2D eigenvalue weighted by atomic mass is 9.93. The van der Waals surface area contributed by atoms with Crippen LogP contribution in [0, 0.1) is 0 Å². The molecule has 2 heterocycles. The van der Waals surface area contributed by atoms with E-state index in [0.717, 1.165) is 50.4 Å². The smallest absolute Gasteiger partial charge is 0.224 e. The van der Waals surface area contributed by atoms with Crippen LogP contribution in [-0.4, -0.2) is 82.6 Å². The molecule has 1 saturated heterocycles. The van der Waals surface area contributed by atoms with E-state index in [1.807, 2.05) is 18.2 Å². The third kappa shape index (κ3) is 9.15. The third-order valence-corrected chi connectivity index (χ3v) is 6.32. The Hall–Kier alpha value is -2.56. The van der Waals surface area contributed by atoms with Gasteiger partial charge in [-0.3, -0.25) is 9.69 Å². The van der Waals surface area contributed by atoms with Crippen LogP contribution in [0.25, 0.3) is 0 Å². The third-order valence-electron chi connectivity index (χ3n) is 6.32. The zero-order valence-corrected chi connectivity index (χ0v) is 21.4. The molecule has 9 heteroatoms. The summed E-state index contributed by atoms with van der Waals surface area (Å²) >= 11 is 0. The number of β-amino-alcohol motifs (C(OH)–C–C–N with tert-alkyl or cyclic N) is 1. The number of ether oxygens (including phenoxy) is 1. The Morgan fingerprint density at radius 3 is 2.69 bits per heavy atom. The van der Waals surface area contributed by atoms with Crippen molar-refractivity contribution in [3.05, 3.63) is 58.9 Å². The van der Waals surface area contributed by atoms with Gasteiger partial charge in [-0.1, -0.05) is 24.3 Å². The maximum atomic E-state index is 12.4. The molecule has 1 aromatic heterocycles. The van der Waals surface area contributed by atoms with E-state index in [1.165, 1.54) is 6.07 Å². The minimum absolute atomic E-state index is 0.0262. The lowest BCUT2D eigenvalue weighted by Gasteiger charge is -2.28. The van der Waals surface area contributed by atoms with Gasteiger partial charge in [-0.05, 0) is 56.5 Å². The normalized spacial score (nSPS) is 15.6. The number of amides is 1. The predicted octanol–water partition coefficient (Wildman–Crippen LogP) is 1.30. The van der Waals surface area contributed by atoms with Crippen LogP contribution in [0.1, 0.15) is 48.9 Å². The zero-order chi connectivity index (χ0) is 26.0. The fraction of sp³-hybridized carbons (Fsp3) is 0.556. The summed E-state index contributed by atoms with van der Waals surface area (Å²) in [5.74, 6) is -0.0680. The molecule has 0 bridgehead atoms. The number of hydrogen-bond acceptors (Lipinski definition) is 8. The second-order valence-corrected chi connectivity index (χ2v) is 9.97. The van der Waals surface area contributed by atoms with Crippen molar-refractivity contribution in [2.45, 2.75) is 51.4 Å². The summed E-state index contributed by atoms with van der Waals surface area (Å²) in [5, 5.41) is 35.9. The molecule has 1 aliphatic heterocycles. The summed E-state index contributed by atoms with van der Waals surface area (Å²) in [5.41, 5.74) is 2.28. The summed E-state index contributed by atoms with van der Waals surface area (Å²) in [7, 11) is 0. The molecule has 198 valence electrons. The van der Waals surface area contributed by atoms with Crippen LogP contribution in [0.5, 0.6) is 5.75 Å². The maximum absolute atomic E-state index is 12.4. The van der Waals surface area contributed by atoms with E-state index >= 15 is 0 Å². The number of rotatable bonds is 13. The number of morpholine rings is 1. The predicted molar refractivity (Wildman–Crippen MR) is 138 cm³/mol. The molecule has 0 radical (unpaired) electrons. The van der Waals surface area contributed by atoms with E-state index in [1.54, 1.807) is 6.07 Å². The number of nitrogens with zero attached hydrogens (tertiary/aromatic N) is 2. The first kappa shape index (κ1) is 28.0. The number of aromatic hydroxyl groups is 1. The first-order chi connectivity index (χ1) is 17.3. The molecular weight excluding hydrogens is 460 g/mol. The van der Waals surface area contributed by atoms with Gasteiger partial charge in [0.2, 0.25) is 5.91 Å². The molecule has 1 atom stereocenters. The number of pyridine rings is 1. The van der Waals surface area contributed by atoms with Crippen LogP contribution in [0.15, 0.2) is 36.4 Å². The molecule has 1 unspecified atom stereocenters. The molecule has 5 N–H and O–H groups in total. The summed E-state index contributed by atoms with van der Waals surface area (Å²) in [6.45, 7) is 9.12. The number of hydrogen-bond donors (Lipinski definition) is 5. The number of benzene rings is 1. The van der Waals surface area contributed by atoms with Crippen molar-refractivity contribution in [1.82, 2.24) is 20.5 Å². The molecule has 9 nitrogen and oxygen atoms in total. The Kier molecular flexibility index (Phi) is 10.6. The van der Waals surface area contributed by atoms with Crippen LogP contribution in [0.4, 0.5) is 0 Å². The maximum Gasteiger partial charge on any atom is 0.224 e. The Balaban J connectivity index is 1.43. The second kappa shape index (κ2) is 13.7. The van der Waals surface area contributed by atoms with E-state index in [9.17, 15) is 20.1 Å². The van der Waals surface area contributed by atoms with Gasteiger partial charge in [0.25, 0.3) is 0 Å². The Morgan fingerprint density at radius 2 is 1.94 bits per heavy atom. The molecule has 1 aliphatic rings. The molecule has 1 fully saturated rings. The summed E-state index contributed by atoms with van der Waals surface area (Å²) in [6, 6.07) is 11.0. The van der Waals surface area contributed by atoms with E-state index in [4.69, 9.17) is 4.74 Å². The molecule has 3 rings (SSSR count). The highest BCUT2D eigenvalue weighted by Crippen LogP contribution is 2.20. The largest absolute Gasteiger partial charge is 0.506 e. The van der Waals surface area contributed by atoms with Crippen molar-refractivity contribution in [3.8, 4) is 5.75 Å². The highest BCUT2D eigenvalue weighted by molar-refractivity contribution is 5.78. The molecule has 1 amide bonds. The molecule has 36 heavy (non-hydrogen) atoms. The summed E-state index contributed by atoms with van der Waals surface area (Å²) < 4.78 is 5.36. The van der Waals surface area contributed by atoms with E-state index in [-0.39, 0.29) is 29.4 Å². The number of aliphatic hydroxyl groups excluding tert-OH is 2. The lowest BCUT2D eigenvalue weighted by Crippen LogP contribution is -2.43. The lowest BCUT2D eigenvalue weighted by molar-refractivity contribution is -0.120. The van der Waals surface area contributed by atoms with Gasteiger partial charge in [0.05, 0.1) is 31.9 Å². The topological polar surface area (TPSA) is 127 Å². The van der Waals surface area contributed by atoms with Crippen LogP contribution < -0.4 is 10.6 Å². The number of aliphatic hydroxyl groups is 2. The van der Waals surface area contributed by atoms with E-state index in [0.29, 0.717) is 25.1 Å². The molecule has 1 aromatic carbocycles. The average molecular weight is 501 g/mol. The summed E-state index contributed by atoms with van der Waals surface area (Å²) in [6.07, 6.45) is 1.10. The van der Waals surface area contributed by atoms with Gasteiger partial charge in [-0.15, -0.1) is 0 Å². The van der Waals surface area contributed by atoms with Crippen LogP contribution in [0.2, 0.25) is 0 Å². The number of nitrogens with one attached hydrogen (secondary N) is 2. The second-order valence-electron chi connectivity index (χ2n) is 9.97. The first-order valence-corrected chi connectivity index (χ1v) is 12.6. The Labute approximate surface area is 213 Å². The fourth-order valence-electron chi connectivity index (χ4n) is 4.32. The molecule has 0 saturated carbocycles. The number of carbonyl (C=O) groups excluding carboxylic acids is 1. The highest BCUT2D eigenvalue weighted by atomic mass is 16.5. The van der Waals surface area contributed by atoms with E-state index in [2.05, 4.69) is 40.4 Å². The first-order valence-electron chi connectivity index (χ1n) is 12.6. The monoisotopic (exact) mass is 500 g/mol. The van der Waals surface area contributed by atoms with Crippen LogP contribution >= 0.6 is 0 Å². The van der Waals surface area contributed by atoms with Gasteiger partial charge in [0.1, 0.15) is 17.5 Å². The average Bonchev–Trinajstić information content (AvgIpc) is 2.86. The van der Waals surface area contributed by atoms with E-state index < -0.39 is 12.7 Å². The van der Waals surface area contributed by atoms with Crippen LogP contribution in [-0.2, 0) is 29.0 Å². The standard InChI is InChI=1S/C27H40N4O5/c1-27(2,29-18-25(34)22-7-8-24(33)23(19-32)30-22)17-21-6-3-5-20(15-21)16-26(35)28-9-4-10-31-11-13-36-14-12-31/h3,5-8,15,25,29,32-34H,4,9-14,16-19H2,1-2H3,(H,28,35). The summed E-state index contributed by atoms with van der Waals surface area (Å²) in [4.78, 5) is 18.9. The zero-order valence-electron chi connectivity index (χ0n) is 21.4. The SMILES string of the molecule is CC(C)(Cc1cccc(CC(=O)NCCCN2CCOCC2)c1)NCC(O)c1ccc(O)c(CO)n1. The van der Waals surface area contributed by atoms with Crippen molar-refractivity contribution in [3.63, 3.8) is 0 Å². The quantitative estimate of drug-likeness (QED) is 0.261. The van der Waals surface area contributed by atoms with Crippen molar-refractivity contribution < 1.29 is 24.9 Å². The molecule has 0 spiro atoms. The minimum Gasteiger partial charge on any atom is -0.506 e. The van der Waals surface area contributed by atoms with Gasteiger partial charge in [-0.25, -0.2) is 4.98 Å².